The van der Waals surface area contributed by atoms with Gasteiger partial charge in [-0.3, -0.25) is 14.4 Å². The summed E-state index contributed by atoms with van der Waals surface area (Å²) >= 11 is 0. The van der Waals surface area contributed by atoms with E-state index in [0.717, 1.165) is 31.7 Å². The third kappa shape index (κ3) is 5.78. The molecular weight excluding hydrogens is 454 g/mol. The Bertz CT molecular complexity index is 1170. The minimum absolute atomic E-state index is 0.0283. The first-order valence-electron chi connectivity index (χ1n) is 11.4. The fourth-order valence-corrected chi connectivity index (χ4v) is 5.08. The maximum atomic E-state index is 12.7. The van der Waals surface area contributed by atoms with E-state index in [-0.39, 0.29) is 16.8 Å². The Hall–Kier alpha value is -3.30. The molecule has 34 heavy (non-hydrogen) atoms. The predicted octanol–water partition coefficient (Wildman–Crippen LogP) is 4.05. The van der Waals surface area contributed by atoms with E-state index in [2.05, 4.69) is 14.9 Å². The molecule has 180 valence electrons. The molecule has 0 saturated carbocycles. The van der Waals surface area contributed by atoms with E-state index in [1.807, 2.05) is 19.1 Å². The van der Waals surface area contributed by atoms with Gasteiger partial charge in [0.2, 0.25) is 0 Å². The number of anilines is 1. The number of carbonyl (C=O) groups is 1. The van der Waals surface area contributed by atoms with E-state index in [4.69, 9.17) is 9.15 Å². The van der Waals surface area contributed by atoms with Crippen LogP contribution in [0.4, 0.5) is 5.69 Å². The second-order valence-electron chi connectivity index (χ2n) is 8.07. The van der Waals surface area contributed by atoms with Crippen molar-refractivity contribution in [1.29, 1.82) is 0 Å². The fraction of sp³-hybridized carbons (Fsp3) is 0.320. The van der Waals surface area contributed by atoms with Gasteiger partial charge in [0.1, 0.15) is 11.5 Å². The standard InChI is InChI=1S/C25H29N3O5S/c1-2-32-21-11-9-20(10-12-21)27-34(30,31)22-13-7-19(8-14-22)25(29)26-18-23(24-6-5-17-33-24)28-15-3-4-16-28/h5-14,17,23,27H,2-4,15-16,18H2,1H3,(H,26,29)/t23-/m1/s1. The molecule has 0 radical (unpaired) electrons. The summed E-state index contributed by atoms with van der Waals surface area (Å²) in [6.45, 7) is 4.76. The van der Waals surface area contributed by atoms with E-state index in [1.54, 1.807) is 30.5 Å². The van der Waals surface area contributed by atoms with E-state index in [1.165, 1.54) is 24.3 Å². The van der Waals surface area contributed by atoms with Gasteiger partial charge < -0.3 is 14.5 Å². The molecule has 1 aliphatic rings. The molecule has 1 aliphatic heterocycles. The SMILES string of the molecule is CCOc1ccc(NS(=O)(=O)c2ccc(C(=O)NC[C@H](c3ccco3)N3CCCC3)cc2)cc1. The minimum atomic E-state index is -3.79. The van der Waals surface area contributed by atoms with Crippen molar-refractivity contribution in [3.63, 3.8) is 0 Å². The number of amides is 1. The maximum Gasteiger partial charge on any atom is 0.261 e. The number of nitrogens with zero attached hydrogens (tertiary/aromatic N) is 1. The third-order valence-corrected chi connectivity index (χ3v) is 7.15. The Morgan fingerprint density at radius 3 is 2.38 bits per heavy atom. The fourth-order valence-electron chi connectivity index (χ4n) is 4.02. The summed E-state index contributed by atoms with van der Waals surface area (Å²) in [4.78, 5) is 15.1. The van der Waals surface area contributed by atoms with Crippen LogP contribution in [0.15, 0.2) is 76.2 Å². The van der Waals surface area contributed by atoms with Crippen molar-refractivity contribution in [2.75, 3.05) is 31.0 Å². The molecule has 4 rings (SSSR count). The molecule has 1 saturated heterocycles. The summed E-state index contributed by atoms with van der Waals surface area (Å²) in [5.41, 5.74) is 0.816. The number of sulfonamides is 1. The summed E-state index contributed by atoms with van der Waals surface area (Å²) in [7, 11) is -3.79. The van der Waals surface area contributed by atoms with Crippen molar-refractivity contribution < 1.29 is 22.4 Å². The van der Waals surface area contributed by atoms with Crippen LogP contribution >= 0.6 is 0 Å². The molecule has 1 fully saturated rings. The van der Waals surface area contributed by atoms with Crippen molar-refractivity contribution in [1.82, 2.24) is 10.2 Å². The topological polar surface area (TPSA) is 101 Å². The number of nitrogens with one attached hydrogen (secondary N) is 2. The van der Waals surface area contributed by atoms with E-state index < -0.39 is 10.0 Å². The average molecular weight is 484 g/mol. The number of ether oxygens (including phenoxy) is 1. The summed E-state index contributed by atoms with van der Waals surface area (Å²) in [5.74, 6) is 1.23. The van der Waals surface area contributed by atoms with Crippen LogP contribution in [0.3, 0.4) is 0 Å². The van der Waals surface area contributed by atoms with Gasteiger partial charge in [0, 0.05) is 17.8 Å². The van der Waals surface area contributed by atoms with Gasteiger partial charge in [-0.25, -0.2) is 8.42 Å². The Balaban J connectivity index is 1.38. The van der Waals surface area contributed by atoms with Gasteiger partial charge >= 0.3 is 0 Å². The second kappa shape index (κ2) is 10.8. The van der Waals surface area contributed by atoms with Gasteiger partial charge in [0.25, 0.3) is 15.9 Å². The average Bonchev–Trinajstić information content (AvgIpc) is 3.56. The summed E-state index contributed by atoms with van der Waals surface area (Å²) in [6, 6.07) is 16.3. The van der Waals surface area contributed by atoms with Crippen molar-refractivity contribution >= 4 is 21.6 Å². The summed E-state index contributed by atoms with van der Waals surface area (Å²) < 4.78 is 39.0. The third-order valence-electron chi connectivity index (χ3n) is 5.75. The lowest BCUT2D eigenvalue weighted by atomic mass is 10.1. The lowest BCUT2D eigenvalue weighted by Gasteiger charge is -2.26. The zero-order chi connectivity index (χ0) is 24.0. The number of hydrogen-bond donors (Lipinski definition) is 2. The van der Waals surface area contributed by atoms with Gasteiger partial charge in [0.15, 0.2) is 0 Å². The van der Waals surface area contributed by atoms with Crippen LogP contribution in [0.25, 0.3) is 0 Å². The molecule has 1 amide bonds. The van der Waals surface area contributed by atoms with Crippen LogP contribution in [0.1, 0.15) is 41.9 Å². The normalized spacial score (nSPS) is 15.1. The Labute approximate surface area is 200 Å². The highest BCUT2D eigenvalue weighted by atomic mass is 32.2. The van der Waals surface area contributed by atoms with Gasteiger partial charge in [-0.15, -0.1) is 0 Å². The zero-order valence-electron chi connectivity index (χ0n) is 19.1. The Morgan fingerprint density at radius 1 is 1.06 bits per heavy atom. The highest BCUT2D eigenvalue weighted by Gasteiger charge is 2.26. The van der Waals surface area contributed by atoms with Crippen molar-refractivity contribution in [3.8, 4) is 5.75 Å². The van der Waals surface area contributed by atoms with E-state index in [0.29, 0.717) is 30.2 Å². The predicted molar refractivity (Wildman–Crippen MR) is 129 cm³/mol. The van der Waals surface area contributed by atoms with Crippen LogP contribution in [0, 0.1) is 0 Å². The molecule has 2 N–H and O–H groups in total. The van der Waals surface area contributed by atoms with Crippen molar-refractivity contribution in [2.45, 2.75) is 30.7 Å². The largest absolute Gasteiger partial charge is 0.494 e. The number of rotatable bonds is 10. The number of benzene rings is 2. The van der Waals surface area contributed by atoms with Crippen molar-refractivity contribution in [2.24, 2.45) is 0 Å². The molecule has 0 unspecified atom stereocenters. The quantitative estimate of drug-likeness (QED) is 0.451. The van der Waals surface area contributed by atoms with E-state index >= 15 is 0 Å². The molecule has 0 bridgehead atoms. The Kier molecular flexibility index (Phi) is 7.54. The molecule has 0 aliphatic carbocycles. The first kappa shape index (κ1) is 23.8. The number of furan rings is 1. The van der Waals surface area contributed by atoms with Gasteiger partial charge in [0.05, 0.1) is 23.8 Å². The number of likely N-dealkylation sites (tertiary alicyclic amines) is 1. The van der Waals surface area contributed by atoms with Gasteiger partial charge in [-0.2, -0.15) is 0 Å². The van der Waals surface area contributed by atoms with Gasteiger partial charge in [-0.1, -0.05) is 0 Å². The molecule has 2 aromatic carbocycles. The first-order chi connectivity index (χ1) is 16.5. The van der Waals surface area contributed by atoms with Crippen LogP contribution in [-0.4, -0.2) is 45.5 Å². The van der Waals surface area contributed by atoms with Crippen LogP contribution < -0.4 is 14.8 Å². The molecule has 3 aromatic rings. The Morgan fingerprint density at radius 2 is 1.76 bits per heavy atom. The molecule has 1 atom stereocenters. The smallest absolute Gasteiger partial charge is 0.261 e. The first-order valence-corrected chi connectivity index (χ1v) is 12.9. The molecule has 9 heteroatoms. The highest BCUT2D eigenvalue weighted by Crippen LogP contribution is 2.25. The van der Waals surface area contributed by atoms with Gasteiger partial charge in [-0.05, 0) is 93.5 Å². The molecule has 1 aromatic heterocycles. The minimum Gasteiger partial charge on any atom is -0.494 e. The zero-order valence-corrected chi connectivity index (χ0v) is 19.9. The molecule has 0 spiro atoms. The summed E-state index contributed by atoms with van der Waals surface area (Å²) in [6.07, 6.45) is 3.90. The number of hydrogen-bond acceptors (Lipinski definition) is 6. The molecular formula is C25H29N3O5S. The monoisotopic (exact) mass is 483 g/mol. The molecule has 2 heterocycles. The van der Waals surface area contributed by atoms with E-state index in [9.17, 15) is 13.2 Å². The van der Waals surface area contributed by atoms with Crippen LogP contribution in [0.5, 0.6) is 5.75 Å². The highest BCUT2D eigenvalue weighted by molar-refractivity contribution is 7.92. The summed E-state index contributed by atoms with van der Waals surface area (Å²) in [5, 5.41) is 2.96. The van der Waals surface area contributed by atoms with Crippen molar-refractivity contribution in [3.05, 3.63) is 78.3 Å². The lowest BCUT2D eigenvalue weighted by molar-refractivity contribution is 0.0933. The second-order valence-corrected chi connectivity index (χ2v) is 9.75. The van der Waals surface area contributed by atoms with Crippen LogP contribution in [-0.2, 0) is 10.0 Å². The molecule has 8 nitrogen and oxygen atoms in total. The van der Waals surface area contributed by atoms with Crippen LogP contribution in [0.2, 0.25) is 0 Å². The lowest BCUT2D eigenvalue weighted by Crippen LogP contribution is -2.36. The number of carbonyl (C=O) groups excluding carboxylic acids is 1. The maximum absolute atomic E-state index is 12.7.